The van der Waals surface area contributed by atoms with E-state index in [1.54, 1.807) is 7.05 Å². The van der Waals surface area contributed by atoms with Crippen molar-refractivity contribution in [2.45, 2.75) is 49.6 Å². The zero-order chi connectivity index (χ0) is 22.8. The van der Waals surface area contributed by atoms with Crippen LogP contribution in [-0.2, 0) is 19.7 Å². The summed E-state index contributed by atoms with van der Waals surface area (Å²) in [6, 6.07) is 3.07. The fourth-order valence-corrected chi connectivity index (χ4v) is 6.04. The number of halogens is 2. The van der Waals surface area contributed by atoms with Crippen LogP contribution in [0.5, 0.6) is 0 Å². The van der Waals surface area contributed by atoms with Gasteiger partial charge in [-0.25, -0.2) is 17.6 Å². The number of rotatable bonds is 8. The number of fused-ring (bicyclic) bond motifs is 1. The number of hydroxylamine groups is 1. The Balaban J connectivity index is 1.59. The van der Waals surface area contributed by atoms with E-state index in [2.05, 4.69) is 5.48 Å². The SMILES string of the molecule is C[C@@H](CCC=O)N(C)C(=O)ON[C@H]1CC[C@@H]2CN(S(=O)(=O)c3ccc(F)c(Cl)c3)C[C@@H]21. The van der Waals surface area contributed by atoms with Crippen LogP contribution >= 0.6 is 11.6 Å². The van der Waals surface area contributed by atoms with Gasteiger partial charge in [-0.3, -0.25) is 0 Å². The van der Waals surface area contributed by atoms with Crippen LogP contribution in [0.15, 0.2) is 23.1 Å². The van der Waals surface area contributed by atoms with Gasteiger partial charge >= 0.3 is 6.09 Å². The lowest BCUT2D eigenvalue weighted by atomic mass is 9.98. The highest BCUT2D eigenvalue weighted by molar-refractivity contribution is 7.89. The van der Waals surface area contributed by atoms with Crippen LogP contribution in [0.4, 0.5) is 9.18 Å². The van der Waals surface area contributed by atoms with Crippen LogP contribution in [0.2, 0.25) is 5.02 Å². The molecule has 1 saturated carbocycles. The number of nitrogens with one attached hydrogen (secondary N) is 1. The quantitative estimate of drug-likeness (QED) is 0.459. The average Bonchev–Trinajstić information content (AvgIpc) is 3.33. The number of amides is 1. The molecule has 1 aliphatic heterocycles. The molecule has 4 atom stereocenters. The smallest absolute Gasteiger partial charge is 0.353 e. The molecule has 8 nitrogen and oxygen atoms in total. The van der Waals surface area contributed by atoms with Gasteiger partial charge in [0, 0.05) is 38.6 Å². The van der Waals surface area contributed by atoms with Gasteiger partial charge in [-0.2, -0.15) is 4.31 Å². The summed E-state index contributed by atoms with van der Waals surface area (Å²) in [4.78, 5) is 29.4. The molecule has 0 spiro atoms. The van der Waals surface area contributed by atoms with E-state index in [0.717, 1.165) is 31.3 Å². The van der Waals surface area contributed by atoms with E-state index < -0.39 is 21.9 Å². The molecule has 1 amide bonds. The van der Waals surface area contributed by atoms with Gasteiger partial charge in [0.25, 0.3) is 0 Å². The lowest BCUT2D eigenvalue weighted by Crippen LogP contribution is -2.43. The highest BCUT2D eigenvalue weighted by atomic mass is 35.5. The first-order valence-corrected chi connectivity index (χ1v) is 12.0. The minimum Gasteiger partial charge on any atom is -0.353 e. The molecule has 0 radical (unpaired) electrons. The van der Waals surface area contributed by atoms with Crippen molar-refractivity contribution in [3.63, 3.8) is 0 Å². The second-order valence-corrected chi connectivity index (χ2v) is 10.5. The molecule has 1 aromatic carbocycles. The van der Waals surface area contributed by atoms with Crippen LogP contribution in [0.1, 0.15) is 32.6 Å². The van der Waals surface area contributed by atoms with E-state index in [1.165, 1.54) is 15.3 Å². The van der Waals surface area contributed by atoms with E-state index in [1.807, 2.05) is 6.92 Å². The Bertz CT molecular complexity index is 931. The summed E-state index contributed by atoms with van der Waals surface area (Å²) in [5.41, 5.74) is 2.82. The molecule has 2 aliphatic rings. The molecule has 1 saturated heterocycles. The molecule has 11 heteroatoms. The highest BCUT2D eigenvalue weighted by Crippen LogP contribution is 2.40. The lowest BCUT2D eigenvalue weighted by Gasteiger charge is -2.26. The molecule has 1 N–H and O–H groups in total. The minimum absolute atomic E-state index is 0.00344. The second kappa shape index (κ2) is 9.81. The van der Waals surface area contributed by atoms with Crippen molar-refractivity contribution in [3.8, 4) is 0 Å². The first kappa shape index (κ1) is 23.9. The third kappa shape index (κ3) is 5.19. The van der Waals surface area contributed by atoms with Gasteiger partial charge in [-0.15, -0.1) is 5.48 Å². The van der Waals surface area contributed by atoms with E-state index in [0.29, 0.717) is 19.4 Å². The topological polar surface area (TPSA) is 96.0 Å². The van der Waals surface area contributed by atoms with Crippen LogP contribution in [0, 0.1) is 17.7 Å². The number of benzene rings is 1. The monoisotopic (exact) mass is 475 g/mol. The van der Waals surface area contributed by atoms with Crippen molar-refractivity contribution in [2.24, 2.45) is 11.8 Å². The zero-order valence-electron chi connectivity index (χ0n) is 17.5. The molecule has 1 aliphatic carbocycles. The lowest BCUT2D eigenvalue weighted by molar-refractivity contribution is -0.108. The van der Waals surface area contributed by atoms with Crippen molar-refractivity contribution < 1.29 is 27.2 Å². The number of hydrogen-bond donors (Lipinski definition) is 1. The predicted molar refractivity (Wildman–Crippen MR) is 112 cm³/mol. The number of hydrogen-bond acceptors (Lipinski definition) is 6. The first-order valence-electron chi connectivity index (χ1n) is 10.2. The van der Waals surface area contributed by atoms with Gasteiger partial charge in [0.05, 0.1) is 9.92 Å². The number of carbonyl (C=O) groups excluding carboxylic acids is 2. The largest absolute Gasteiger partial charge is 0.428 e. The van der Waals surface area contributed by atoms with Crippen LogP contribution in [0.3, 0.4) is 0 Å². The predicted octanol–water partition coefficient (Wildman–Crippen LogP) is 2.82. The summed E-state index contributed by atoms with van der Waals surface area (Å²) in [6.07, 6.45) is 2.74. The minimum atomic E-state index is -3.80. The molecule has 1 aromatic rings. The third-order valence-corrected chi connectivity index (χ3v) is 8.42. The third-order valence-electron chi connectivity index (χ3n) is 6.30. The fraction of sp³-hybridized carbons (Fsp3) is 0.600. The van der Waals surface area contributed by atoms with E-state index in [-0.39, 0.29) is 40.4 Å². The van der Waals surface area contributed by atoms with Gasteiger partial charge in [0.1, 0.15) is 12.1 Å². The molecule has 0 unspecified atom stereocenters. The summed E-state index contributed by atoms with van der Waals surface area (Å²) in [7, 11) is -2.19. The molecule has 0 bridgehead atoms. The van der Waals surface area contributed by atoms with Crippen molar-refractivity contribution in [2.75, 3.05) is 20.1 Å². The van der Waals surface area contributed by atoms with Gasteiger partial charge in [-0.1, -0.05) is 11.6 Å². The summed E-state index contributed by atoms with van der Waals surface area (Å²) in [5.74, 6) is -0.530. The standard InChI is InChI=1S/C20H27ClFN3O5S/c1-13(4-3-9-26)24(2)20(27)30-23-19-8-5-14-11-25(12-16(14)19)31(28,29)15-6-7-18(22)17(21)10-15/h6-7,9-10,13-14,16,19,23H,3-5,8,11-12H2,1-2H3/t13-,14+,16-,19-/m0/s1. The Morgan fingerprint density at radius 1 is 1.42 bits per heavy atom. The van der Waals surface area contributed by atoms with Gasteiger partial charge in [0.15, 0.2) is 0 Å². The molecule has 31 heavy (non-hydrogen) atoms. The molecule has 2 fully saturated rings. The van der Waals surface area contributed by atoms with E-state index >= 15 is 0 Å². The number of carbonyl (C=O) groups is 2. The fourth-order valence-electron chi connectivity index (χ4n) is 4.23. The van der Waals surface area contributed by atoms with Gasteiger partial charge in [0.2, 0.25) is 10.0 Å². The number of sulfonamides is 1. The second-order valence-electron chi connectivity index (χ2n) is 8.20. The van der Waals surface area contributed by atoms with Crippen LogP contribution in [-0.4, -0.2) is 62.2 Å². The Morgan fingerprint density at radius 2 is 2.16 bits per heavy atom. The maximum atomic E-state index is 13.4. The van der Waals surface area contributed by atoms with Crippen molar-refractivity contribution in [3.05, 3.63) is 29.0 Å². The molecular weight excluding hydrogens is 449 g/mol. The van der Waals surface area contributed by atoms with E-state index in [9.17, 15) is 22.4 Å². The maximum absolute atomic E-state index is 13.4. The normalized spacial score (nSPS) is 24.6. The molecule has 1 heterocycles. The molecule has 3 rings (SSSR count). The highest BCUT2D eigenvalue weighted by Gasteiger charge is 2.47. The summed E-state index contributed by atoms with van der Waals surface area (Å²) >= 11 is 5.75. The Labute approximate surface area is 186 Å². The Kier molecular flexibility index (Phi) is 7.56. The molecule has 0 aromatic heterocycles. The van der Waals surface area contributed by atoms with Crippen LogP contribution in [0.25, 0.3) is 0 Å². The van der Waals surface area contributed by atoms with Crippen LogP contribution < -0.4 is 5.48 Å². The zero-order valence-corrected chi connectivity index (χ0v) is 19.0. The first-order chi connectivity index (χ1) is 14.6. The van der Waals surface area contributed by atoms with Gasteiger partial charge < -0.3 is 14.5 Å². The van der Waals surface area contributed by atoms with E-state index in [4.69, 9.17) is 16.4 Å². The Morgan fingerprint density at radius 3 is 2.84 bits per heavy atom. The van der Waals surface area contributed by atoms with Crippen molar-refractivity contribution in [1.82, 2.24) is 14.7 Å². The van der Waals surface area contributed by atoms with Crippen molar-refractivity contribution in [1.29, 1.82) is 0 Å². The number of aldehydes is 1. The Hall–Kier alpha value is -1.75. The summed E-state index contributed by atoms with van der Waals surface area (Å²) in [5, 5.41) is -0.238. The van der Waals surface area contributed by atoms with Crippen molar-refractivity contribution >= 4 is 34.0 Å². The maximum Gasteiger partial charge on any atom is 0.428 e. The average molecular weight is 476 g/mol. The molecule has 172 valence electrons. The summed E-state index contributed by atoms with van der Waals surface area (Å²) in [6.45, 7) is 2.47. The molecular formula is C20H27ClFN3O5S. The number of nitrogens with zero attached hydrogens (tertiary/aromatic N) is 2. The summed E-state index contributed by atoms with van der Waals surface area (Å²) < 4.78 is 40.7. The van der Waals surface area contributed by atoms with Gasteiger partial charge in [-0.05, 0) is 56.2 Å².